The van der Waals surface area contributed by atoms with Crippen molar-refractivity contribution in [3.8, 4) is 5.75 Å². The summed E-state index contributed by atoms with van der Waals surface area (Å²) in [7, 11) is 0. The molecule has 2 aromatic rings. The molecule has 3 nitrogen and oxygen atoms in total. The van der Waals surface area contributed by atoms with Gasteiger partial charge in [0.15, 0.2) is 0 Å². The minimum Gasteiger partial charge on any atom is -0.486 e. The van der Waals surface area contributed by atoms with Crippen molar-refractivity contribution in [1.29, 1.82) is 0 Å². The van der Waals surface area contributed by atoms with Gasteiger partial charge in [0.1, 0.15) is 17.4 Å². The Morgan fingerprint density at radius 2 is 2.05 bits per heavy atom. The van der Waals surface area contributed by atoms with Gasteiger partial charge in [0.2, 0.25) is 0 Å². The molecule has 0 fully saturated rings. The molecule has 21 heavy (non-hydrogen) atoms. The number of nitrogens with one attached hydrogen (secondary N) is 1. The first-order valence-electron chi connectivity index (χ1n) is 7.41. The maximum Gasteiger partial charge on any atom is 0.140 e. The van der Waals surface area contributed by atoms with Crippen LogP contribution in [0.4, 0.5) is 0 Å². The average Bonchev–Trinajstić information content (AvgIpc) is 2.76. The standard InChI is InChI=1S/C17H24N2OS/c1-6-18-13(4)15-9-11(2)7-8-16(15)20-10-17-19-12(3)14(5)21-17/h7-9,13,18H,6,10H2,1-5H3. The summed E-state index contributed by atoms with van der Waals surface area (Å²) >= 11 is 1.71. The molecule has 0 bridgehead atoms. The summed E-state index contributed by atoms with van der Waals surface area (Å²) < 4.78 is 6.02. The predicted octanol–water partition coefficient (Wildman–Crippen LogP) is 4.32. The number of aromatic nitrogens is 1. The minimum atomic E-state index is 0.282. The molecule has 0 saturated carbocycles. The van der Waals surface area contributed by atoms with Crippen LogP contribution in [0.2, 0.25) is 0 Å². The van der Waals surface area contributed by atoms with Crippen LogP contribution in [-0.2, 0) is 6.61 Å². The van der Waals surface area contributed by atoms with Crippen LogP contribution in [0.15, 0.2) is 18.2 Å². The van der Waals surface area contributed by atoms with E-state index in [0.717, 1.165) is 23.0 Å². The number of aryl methyl sites for hydroxylation is 3. The summed E-state index contributed by atoms with van der Waals surface area (Å²) in [6.45, 7) is 12.0. The first kappa shape index (κ1) is 16.0. The maximum absolute atomic E-state index is 6.02. The van der Waals surface area contributed by atoms with Gasteiger partial charge in [0.25, 0.3) is 0 Å². The number of thiazole rings is 1. The summed E-state index contributed by atoms with van der Waals surface area (Å²) in [5.41, 5.74) is 3.56. The summed E-state index contributed by atoms with van der Waals surface area (Å²) in [5, 5.41) is 4.48. The Morgan fingerprint density at radius 3 is 2.67 bits per heavy atom. The van der Waals surface area contributed by atoms with Crippen LogP contribution < -0.4 is 10.1 Å². The van der Waals surface area contributed by atoms with Crippen LogP contribution in [0.5, 0.6) is 5.75 Å². The highest BCUT2D eigenvalue weighted by atomic mass is 32.1. The second-order valence-electron chi connectivity index (χ2n) is 5.36. The number of nitrogens with zero attached hydrogens (tertiary/aromatic N) is 1. The number of hydrogen-bond donors (Lipinski definition) is 1. The van der Waals surface area contributed by atoms with Gasteiger partial charge in [0, 0.05) is 16.5 Å². The minimum absolute atomic E-state index is 0.282. The summed E-state index contributed by atoms with van der Waals surface area (Å²) in [5.74, 6) is 0.944. The third kappa shape index (κ3) is 4.05. The third-order valence-electron chi connectivity index (χ3n) is 3.57. The lowest BCUT2D eigenvalue weighted by molar-refractivity contribution is 0.299. The number of benzene rings is 1. The van der Waals surface area contributed by atoms with Gasteiger partial charge in [-0.15, -0.1) is 11.3 Å². The van der Waals surface area contributed by atoms with Crippen LogP contribution in [0.1, 0.15) is 46.6 Å². The second-order valence-corrected chi connectivity index (χ2v) is 6.65. The fraction of sp³-hybridized carbons (Fsp3) is 0.471. The van der Waals surface area contributed by atoms with Crippen molar-refractivity contribution in [2.24, 2.45) is 0 Å². The highest BCUT2D eigenvalue weighted by Gasteiger charge is 2.12. The zero-order chi connectivity index (χ0) is 15.4. The molecular weight excluding hydrogens is 280 g/mol. The van der Waals surface area contributed by atoms with Crippen molar-refractivity contribution < 1.29 is 4.74 Å². The lowest BCUT2D eigenvalue weighted by atomic mass is 10.0. The van der Waals surface area contributed by atoms with E-state index in [-0.39, 0.29) is 6.04 Å². The molecule has 1 atom stereocenters. The van der Waals surface area contributed by atoms with Gasteiger partial charge in [0.05, 0.1) is 5.69 Å². The maximum atomic E-state index is 6.02. The Bertz CT molecular complexity index is 587. The van der Waals surface area contributed by atoms with Crippen LogP contribution in [-0.4, -0.2) is 11.5 Å². The molecule has 0 aliphatic rings. The number of hydrogen-bond acceptors (Lipinski definition) is 4. The van der Waals surface area contributed by atoms with Crippen molar-refractivity contribution in [2.45, 2.75) is 47.3 Å². The molecule has 0 radical (unpaired) electrons. The Labute approximate surface area is 131 Å². The zero-order valence-electron chi connectivity index (χ0n) is 13.5. The Balaban J connectivity index is 2.15. The Kier molecular flexibility index (Phi) is 5.37. The summed E-state index contributed by atoms with van der Waals surface area (Å²) in [4.78, 5) is 5.79. The second kappa shape index (κ2) is 7.05. The number of rotatable bonds is 6. The van der Waals surface area contributed by atoms with Crippen molar-refractivity contribution >= 4 is 11.3 Å². The van der Waals surface area contributed by atoms with Gasteiger partial charge >= 0.3 is 0 Å². The van der Waals surface area contributed by atoms with Gasteiger partial charge in [-0.05, 0) is 40.3 Å². The van der Waals surface area contributed by atoms with Crippen molar-refractivity contribution in [3.63, 3.8) is 0 Å². The fourth-order valence-corrected chi connectivity index (χ4v) is 3.14. The van der Waals surface area contributed by atoms with Gasteiger partial charge in [-0.2, -0.15) is 0 Å². The quantitative estimate of drug-likeness (QED) is 0.863. The molecule has 1 N–H and O–H groups in total. The predicted molar refractivity (Wildman–Crippen MR) is 89.2 cm³/mol. The molecule has 114 valence electrons. The molecule has 0 aliphatic heterocycles. The smallest absolute Gasteiger partial charge is 0.140 e. The van der Waals surface area contributed by atoms with Crippen LogP contribution in [0.3, 0.4) is 0 Å². The van der Waals surface area contributed by atoms with E-state index >= 15 is 0 Å². The SMILES string of the molecule is CCNC(C)c1cc(C)ccc1OCc1nc(C)c(C)s1. The van der Waals surface area contributed by atoms with E-state index in [1.54, 1.807) is 11.3 Å². The van der Waals surface area contributed by atoms with Crippen molar-refractivity contribution in [3.05, 3.63) is 44.9 Å². The molecule has 1 unspecified atom stereocenters. The van der Waals surface area contributed by atoms with Crippen molar-refractivity contribution in [1.82, 2.24) is 10.3 Å². The molecule has 1 aromatic carbocycles. The van der Waals surface area contributed by atoms with Crippen LogP contribution in [0, 0.1) is 20.8 Å². The van der Waals surface area contributed by atoms with Gasteiger partial charge in [-0.25, -0.2) is 4.98 Å². The molecule has 0 amide bonds. The topological polar surface area (TPSA) is 34.1 Å². The Hall–Kier alpha value is -1.39. The van der Waals surface area contributed by atoms with E-state index in [0.29, 0.717) is 6.61 Å². The van der Waals surface area contributed by atoms with Gasteiger partial charge in [-0.3, -0.25) is 0 Å². The van der Waals surface area contributed by atoms with E-state index in [4.69, 9.17) is 4.74 Å². The lowest BCUT2D eigenvalue weighted by Gasteiger charge is -2.18. The number of ether oxygens (including phenoxy) is 1. The molecule has 0 aliphatic carbocycles. The highest BCUT2D eigenvalue weighted by Crippen LogP contribution is 2.28. The van der Waals surface area contributed by atoms with E-state index < -0.39 is 0 Å². The van der Waals surface area contributed by atoms with Crippen LogP contribution in [0.25, 0.3) is 0 Å². The summed E-state index contributed by atoms with van der Waals surface area (Å²) in [6.07, 6.45) is 0. The van der Waals surface area contributed by atoms with E-state index in [9.17, 15) is 0 Å². The zero-order valence-corrected chi connectivity index (χ0v) is 14.3. The summed E-state index contributed by atoms with van der Waals surface area (Å²) in [6, 6.07) is 6.63. The first-order valence-corrected chi connectivity index (χ1v) is 8.22. The molecule has 1 heterocycles. The van der Waals surface area contributed by atoms with Crippen LogP contribution >= 0.6 is 11.3 Å². The molecule has 2 rings (SSSR count). The molecule has 0 saturated heterocycles. The van der Waals surface area contributed by atoms with E-state index in [1.165, 1.54) is 16.0 Å². The molecule has 4 heteroatoms. The average molecular weight is 304 g/mol. The molecule has 1 aromatic heterocycles. The van der Waals surface area contributed by atoms with E-state index in [1.807, 2.05) is 6.92 Å². The Morgan fingerprint density at radius 1 is 1.29 bits per heavy atom. The molecule has 0 spiro atoms. The van der Waals surface area contributed by atoms with Crippen molar-refractivity contribution in [2.75, 3.05) is 6.54 Å². The largest absolute Gasteiger partial charge is 0.486 e. The monoisotopic (exact) mass is 304 g/mol. The fourth-order valence-electron chi connectivity index (χ4n) is 2.29. The first-order chi connectivity index (χ1) is 10.0. The molecular formula is C17H24N2OS. The highest BCUT2D eigenvalue weighted by molar-refractivity contribution is 7.11. The normalized spacial score (nSPS) is 12.4. The van der Waals surface area contributed by atoms with Gasteiger partial charge in [-0.1, -0.05) is 24.6 Å². The van der Waals surface area contributed by atoms with E-state index in [2.05, 4.69) is 56.2 Å². The lowest BCUT2D eigenvalue weighted by Crippen LogP contribution is -2.18. The van der Waals surface area contributed by atoms with Gasteiger partial charge < -0.3 is 10.1 Å². The third-order valence-corrected chi connectivity index (χ3v) is 4.61.